The molecular formula is C18H26N2O7S. The third-order valence-electron chi connectivity index (χ3n) is 4.34. The Labute approximate surface area is 164 Å². The van der Waals surface area contributed by atoms with Crippen molar-refractivity contribution >= 4 is 15.7 Å². The van der Waals surface area contributed by atoms with Crippen LogP contribution in [-0.4, -0.2) is 60.4 Å². The molecule has 1 N–H and O–H groups in total. The molecule has 1 aromatic carbocycles. The molecule has 1 heterocycles. The lowest BCUT2D eigenvalue weighted by Gasteiger charge is -2.26. The van der Waals surface area contributed by atoms with Gasteiger partial charge in [-0.25, -0.2) is 8.42 Å². The summed E-state index contributed by atoms with van der Waals surface area (Å²) >= 11 is 0. The van der Waals surface area contributed by atoms with Gasteiger partial charge in [-0.3, -0.25) is 10.1 Å². The lowest BCUT2D eigenvalue weighted by atomic mass is 10.2. The highest BCUT2D eigenvalue weighted by Gasteiger charge is 2.43. The molecule has 1 fully saturated rings. The summed E-state index contributed by atoms with van der Waals surface area (Å²) in [6, 6.07) is 5.23. The maximum Gasteiger partial charge on any atom is 0.289 e. The molecule has 9 nitrogen and oxygen atoms in total. The summed E-state index contributed by atoms with van der Waals surface area (Å²) in [6.45, 7) is 6.67. The molecule has 0 spiro atoms. The van der Waals surface area contributed by atoms with Crippen LogP contribution in [-0.2, 0) is 19.5 Å². The number of hydrogen-bond donors (Lipinski definition) is 1. The second kappa shape index (κ2) is 9.10. The quantitative estimate of drug-likeness (QED) is 0.269. The molecule has 0 unspecified atom stereocenters. The number of aliphatic hydroxyl groups is 1. The molecule has 28 heavy (non-hydrogen) atoms. The fourth-order valence-corrected chi connectivity index (χ4v) is 4.75. The number of allylic oxidation sites excluding steroid dienone is 1. The predicted molar refractivity (Wildman–Crippen MR) is 102 cm³/mol. The van der Waals surface area contributed by atoms with Crippen LogP contribution in [0.2, 0.25) is 0 Å². The van der Waals surface area contributed by atoms with Crippen LogP contribution in [0.15, 0.2) is 41.8 Å². The zero-order valence-corrected chi connectivity index (χ0v) is 16.8. The van der Waals surface area contributed by atoms with Gasteiger partial charge in [0.2, 0.25) is 10.0 Å². The first-order valence-electron chi connectivity index (χ1n) is 8.93. The molecule has 1 aromatic rings. The number of rotatable bonds is 10. The van der Waals surface area contributed by atoms with E-state index in [-0.39, 0.29) is 24.6 Å². The van der Waals surface area contributed by atoms with E-state index >= 15 is 0 Å². The second-order valence-corrected chi connectivity index (χ2v) is 8.82. The maximum absolute atomic E-state index is 13.2. The Balaban J connectivity index is 2.37. The van der Waals surface area contributed by atoms with Crippen molar-refractivity contribution in [2.24, 2.45) is 0 Å². The van der Waals surface area contributed by atoms with Crippen LogP contribution in [0.1, 0.15) is 26.7 Å². The average Bonchev–Trinajstić information content (AvgIpc) is 2.94. The highest BCUT2D eigenvalue weighted by molar-refractivity contribution is 7.89. The normalized spacial score (nSPS) is 21.7. The molecule has 2 atom stereocenters. The van der Waals surface area contributed by atoms with Crippen molar-refractivity contribution in [3.8, 4) is 0 Å². The maximum atomic E-state index is 13.2. The standard InChI is InChI=1S/C18H26N2O7S/c1-4-5-8-11-19(12-15-16(13-21)27-18(2,3)26-15)28(24,25)17-10-7-6-9-14(17)20(22)23/h4,6-7,9-10,15-16,21H,1,5,8,11-13H2,2-3H3/t15-,16-/m0/s1. The van der Waals surface area contributed by atoms with E-state index in [9.17, 15) is 23.6 Å². The van der Waals surface area contributed by atoms with Gasteiger partial charge in [0, 0.05) is 19.2 Å². The van der Waals surface area contributed by atoms with Crippen molar-refractivity contribution in [1.29, 1.82) is 0 Å². The summed E-state index contributed by atoms with van der Waals surface area (Å²) in [4.78, 5) is 10.2. The van der Waals surface area contributed by atoms with Gasteiger partial charge in [-0.05, 0) is 32.8 Å². The molecule has 0 aromatic heterocycles. The Morgan fingerprint density at radius 2 is 1.96 bits per heavy atom. The molecule has 2 rings (SSSR count). The minimum Gasteiger partial charge on any atom is -0.394 e. The monoisotopic (exact) mass is 414 g/mol. The number of benzene rings is 1. The third-order valence-corrected chi connectivity index (χ3v) is 6.26. The van der Waals surface area contributed by atoms with E-state index < -0.39 is 38.6 Å². The number of nitro groups is 1. The van der Waals surface area contributed by atoms with Gasteiger partial charge in [-0.1, -0.05) is 18.2 Å². The van der Waals surface area contributed by atoms with Gasteiger partial charge in [0.1, 0.15) is 12.2 Å². The van der Waals surface area contributed by atoms with Gasteiger partial charge in [-0.2, -0.15) is 4.31 Å². The van der Waals surface area contributed by atoms with Gasteiger partial charge in [0.05, 0.1) is 11.5 Å². The van der Waals surface area contributed by atoms with Crippen molar-refractivity contribution in [1.82, 2.24) is 4.31 Å². The first kappa shape index (κ1) is 22.4. The van der Waals surface area contributed by atoms with E-state index in [1.807, 2.05) is 0 Å². The van der Waals surface area contributed by atoms with Crippen LogP contribution in [0.3, 0.4) is 0 Å². The second-order valence-electron chi connectivity index (χ2n) is 6.91. The number of para-hydroxylation sites is 1. The fourth-order valence-electron chi connectivity index (χ4n) is 3.11. The van der Waals surface area contributed by atoms with Crippen LogP contribution < -0.4 is 0 Å². The van der Waals surface area contributed by atoms with E-state index in [4.69, 9.17) is 9.47 Å². The molecule has 1 saturated heterocycles. The van der Waals surface area contributed by atoms with E-state index in [0.29, 0.717) is 12.8 Å². The van der Waals surface area contributed by atoms with Gasteiger partial charge in [0.25, 0.3) is 5.69 Å². The number of ether oxygens (including phenoxy) is 2. The molecule has 0 bridgehead atoms. The van der Waals surface area contributed by atoms with Crippen LogP contribution >= 0.6 is 0 Å². The number of nitro benzene ring substituents is 1. The SMILES string of the molecule is C=CCCCN(C[C@@H]1OC(C)(C)O[C@H]1CO)S(=O)(=O)c1ccccc1[N+](=O)[O-]. The first-order valence-corrected chi connectivity index (χ1v) is 10.4. The Hall–Kier alpha value is -1.85. The van der Waals surface area contributed by atoms with Gasteiger partial charge < -0.3 is 14.6 Å². The molecule has 0 aliphatic carbocycles. The van der Waals surface area contributed by atoms with E-state index in [2.05, 4.69) is 6.58 Å². The number of unbranched alkanes of at least 4 members (excludes halogenated alkanes) is 1. The molecular weight excluding hydrogens is 388 g/mol. The van der Waals surface area contributed by atoms with E-state index in [1.165, 1.54) is 18.2 Å². The molecule has 1 aliphatic rings. The highest BCUT2D eigenvalue weighted by atomic mass is 32.2. The lowest BCUT2D eigenvalue weighted by Crippen LogP contribution is -2.43. The van der Waals surface area contributed by atoms with Crippen molar-refractivity contribution in [3.05, 3.63) is 47.0 Å². The Bertz CT molecular complexity index is 810. The zero-order valence-electron chi connectivity index (χ0n) is 16.0. The van der Waals surface area contributed by atoms with E-state index in [0.717, 1.165) is 10.4 Å². The Morgan fingerprint density at radius 1 is 1.32 bits per heavy atom. The third kappa shape index (κ3) is 5.15. The first-order chi connectivity index (χ1) is 13.1. The number of hydrogen-bond acceptors (Lipinski definition) is 7. The summed E-state index contributed by atoms with van der Waals surface area (Å²) in [5.41, 5.74) is -0.487. The number of nitrogens with zero attached hydrogens (tertiary/aromatic N) is 2. The predicted octanol–water partition coefficient (Wildman–Crippen LogP) is 2.06. The Kier molecular flexibility index (Phi) is 7.29. The molecule has 0 amide bonds. The minimum absolute atomic E-state index is 0.0970. The van der Waals surface area contributed by atoms with Crippen molar-refractivity contribution in [3.63, 3.8) is 0 Å². The summed E-state index contributed by atoms with van der Waals surface area (Å²) in [5, 5.41) is 20.9. The van der Waals surface area contributed by atoms with Gasteiger partial charge >= 0.3 is 0 Å². The number of sulfonamides is 1. The summed E-state index contributed by atoms with van der Waals surface area (Å²) in [5.74, 6) is -0.965. The van der Waals surface area contributed by atoms with Crippen LogP contribution in [0.25, 0.3) is 0 Å². The average molecular weight is 414 g/mol. The molecule has 1 aliphatic heterocycles. The van der Waals surface area contributed by atoms with Gasteiger partial charge in [-0.15, -0.1) is 6.58 Å². The van der Waals surface area contributed by atoms with Crippen LogP contribution in [0, 0.1) is 10.1 Å². The highest BCUT2D eigenvalue weighted by Crippen LogP contribution is 2.31. The zero-order chi connectivity index (χ0) is 20.9. The lowest BCUT2D eigenvalue weighted by molar-refractivity contribution is -0.387. The van der Waals surface area contributed by atoms with Crippen molar-refractivity contribution in [2.75, 3.05) is 19.7 Å². The Morgan fingerprint density at radius 3 is 2.57 bits per heavy atom. The molecule has 156 valence electrons. The molecule has 0 saturated carbocycles. The van der Waals surface area contributed by atoms with Crippen molar-refractivity contribution in [2.45, 2.75) is 49.6 Å². The van der Waals surface area contributed by atoms with Crippen molar-refractivity contribution < 1.29 is 27.9 Å². The topological polar surface area (TPSA) is 119 Å². The van der Waals surface area contributed by atoms with Gasteiger partial charge in [0.15, 0.2) is 10.7 Å². The van der Waals surface area contributed by atoms with Crippen LogP contribution in [0.5, 0.6) is 0 Å². The summed E-state index contributed by atoms with van der Waals surface area (Å²) in [7, 11) is -4.17. The number of aliphatic hydroxyl groups excluding tert-OH is 1. The fraction of sp³-hybridized carbons (Fsp3) is 0.556. The molecule has 0 radical (unpaired) electrons. The summed E-state index contributed by atoms with van der Waals surface area (Å²) < 4.78 is 39.0. The smallest absolute Gasteiger partial charge is 0.289 e. The largest absolute Gasteiger partial charge is 0.394 e. The molecule has 10 heteroatoms. The van der Waals surface area contributed by atoms with E-state index in [1.54, 1.807) is 19.9 Å². The van der Waals surface area contributed by atoms with Crippen LogP contribution in [0.4, 0.5) is 5.69 Å². The minimum atomic E-state index is -4.17. The summed E-state index contributed by atoms with van der Waals surface area (Å²) in [6.07, 6.45) is 1.34.